The highest BCUT2D eigenvalue weighted by atomic mass is 35.5. The average Bonchev–Trinajstić information content (AvgIpc) is 3.31. The first kappa shape index (κ1) is 25.8. The Balaban J connectivity index is 1.35. The molecule has 0 spiro atoms. The van der Waals surface area contributed by atoms with Gasteiger partial charge in [-0.15, -0.1) is 16.8 Å². The van der Waals surface area contributed by atoms with Crippen molar-refractivity contribution in [2.45, 2.75) is 24.7 Å². The predicted octanol–water partition coefficient (Wildman–Crippen LogP) is 4.05. The van der Waals surface area contributed by atoms with Crippen LogP contribution in [0.25, 0.3) is 0 Å². The molecule has 0 radical (unpaired) electrons. The second-order valence-corrected chi connectivity index (χ2v) is 9.76. The Morgan fingerprint density at radius 1 is 1.08 bits per heavy atom. The number of halogens is 1. The summed E-state index contributed by atoms with van der Waals surface area (Å²) in [6.07, 6.45) is 1.74. The third-order valence-electron chi connectivity index (χ3n) is 5.99. The van der Waals surface area contributed by atoms with E-state index in [0.717, 1.165) is 13.1 Å². The van der Waals surface area contributed by atoms with Crippen LogP contribution in [-0.2, 0) is 11.3 Å². The first-order valence-corrected chi connectivity index (χ1v) is 13.1. The number of hydrogen-bond donors (Lipinski definition) is 1. The van der Waals surface area contributed by atoms with Gasteiger partial charge in [-0.3, -0.25) is 9.59 Å². The molecule has 2 aromatic carbocycles. The molecule has 36 heavy (non-hydrogen) atoms. The van der Waals surface area contributed by atoms with E-state index in [9.17, 15) is 9.59 Å². The van der Waals surface area contributed by atoms with Gasteiger partial charge >= 0.3 is 0 Å². The van der Waals surface area contributed by atoms with Crippen LogP contribution >= 0.6 is 23.4 Å². The molecule has 0 saturated carbocycles. The number of amides is 2. The van der Waals surface area contributed by atoms with Crippen molar-refractivity contribution < 1.29 is 9.59 Å². The topological polar surface area (TPSA) is 83.4 Å². The lowest BCUT2D eigenvalue weighted by Crippen LogP contribution is -2.49. The minimum absolute atomic E-state index is 0.0717. The summed E-state index contributed by atoms with van der Waals surface area (Å²) in [7, 11) is 0. The Hall–Kier alpha value is -3.30. The van der Waals surface area contributed by atoms with E-state index in [2.05, 4.69) is 39.1 Å². The summed E-state index contributed by atoms with van der Waals surface area (Å²) >= 11 is 7.50. The lowest BCUT2D eigenvalue weighted by atomic mass is 10.2. The van der Waals surface area contributed by atoms with Crippen LogP contribution in [-0.4, -0.2) is 63.4 Å². The molecule has 1 aliphatic rings. The van der Waals surface area contributed by atoms with E-state index in [1.807, 2.05) is 34.6 Å². The molecule has 0 aliphatic carbocycles. The normalized spacial score (nSPS) is 14.4. The molecule has 4 rings (SSSR count). The van der Waals surface area contributed by atoms with E-state index in [4.69, 9.17) is 11.6 Å². The molecule has 8 nitrogen and oxygen atoms in total. The highest BCUT2D eigenvalue weighted by Crippen LogP contribution is 2.23. The number of para-hydroxylation sites is 1. The maximum Gasteiger partial charge on any atom is 0.253 e. The van der Waals surface area contributed by atoms with Crippen LogP contribution in [0.1, 0.15) is 29.1 Å². The number of anilines is 1. The average molecular weight is 525 g/mol. The molecule has 1 aromatic heterocycles. The van der Waals surface area contributed by atoms with Crippen molar-refractivity contribution >= 4 is 40.9 Å². The summed E-state index contributed by atoms with van der Waals surface area (Å²) in [6.45, 7) is 9.10. The number of benzene rings is 2. The van der Waals surface area contributed by atoms with Gasteiger partial charge in [-0.25, -0.2) is 0 Å². The Morgan fingerprint density at radius 2 is 1.78 bits per heavy atom. The van der Waals surface area contributed by atoms with E-state index >= 15 is 0 Å². The molecule has 10 heteroatoms. The summed E-state index contributed by atoms with van der Waals surface area (Å²) in [6, 6.07) is 16.7. The van der Waals surface area contributed by atoms with Crippen molar-refractivity contribution in [2.24, 2.45) is 0 Å². The van der Waals surface area contributed by atoms with Crippen molar-refractivity contribution in [3.8, 4) is 0 Å². The van der Waals surface area contributed by atoms with Crippen molar-refractivity contribution in [3.05, 3.63) is 83.7 Å². The van der Waals surface area contributed by atoms with Crippen molar-refractivity contribution in [1.29, 1.82) is 0 Å². The molecule has 2 amide bonds. The summed E-state index contributed by atoms with van der Waals surface area (Å²) in [5.74, 6) is 0.630. The van der Waals surface area contributed by atoms with Crippen LogP contribution in [0, 0.1) is 0 Å². The maximum absolute atomic E-state index is 12.9. The van der Waals surface area contributed by atoms with Gasteiger partial charge in [-0.05, 0) is 31.2 Å². The van der Waals surface area contributed by atoms with Gasteiger partial charge in [0.05, 0.1) is 22.4 Å². The molecule has 2 heterocycles. The van der Waals surface area contributed by atoms with Crippen molar-refractivity contribution in [3.63, 3.8) is 0 Å². The lowest BCUT2D eigenvalue weighted by Gasteiger charge is -2.36. The Morgan fingerprint density at radius 3 is 2.47 bits per heavy atom. The number of nitrogens with one attached hydrogen (secondary N) is 1. The van der Waals surface area contributed by atoms with Gasteiger partial charge in [0, 0.05) is 38.4 Å². The molecule has 1 N–H and O–H groups in total. The molecule has 1 fully saturated rings. The fraction of sp³-hybridized carbons (Fsp3) is 0.308. The van der Waals surface area contributed by atoms with E-state index < -0.39 is 6.04 Å². The van der Waals surface area contributed by atoms with Gasteiger partial charge < -0.3 is 19.7 Å². The molecular weight excluding hydrogens is 496 g/mol. The monoisotopic (exact) mass is 524 g/mol. The standard InChI is InChI=1S/C26H29ClN6O2S/c1-3-13-33-24(19(2)28-25(35)21-11-7-8-12-22(21)27)29-30-26(33)36-18-23(34)32-16-14-31(15-17-32)20-9-5-4-6-10-20/h3-12,19H,1,13-18H2,2H3,(H,28,35)/t19-/m1/s1. The van der Waals surface area contributed by atoms with Crippen LogP contribution < -0.4 is 10.2 Å². The van der Waals surface area contributed by atoms with Crippen LogP contribution in [0.15, 0.2) is 72.4 Å². The van der Waals surface area contributed by atoms with Gasteiger partial charge in [0.1, 0.15) is 0 Å². The van der Waals surface area contributed by atoms with Gasteiger partial charge in [0.25, 0.3) is 5.91 Å². The zero-order valence-corrected chi connectivity index (χ0v) is 21.7. The Kier molecular flexibility index (Phi) is 8.66. The fourth-order valence-corrected chi connectivity index (χ4v) is 5.16. The molecule has 0 bridgehead atoms. The van der Waals surface area contributed by atoms with Gasteiger partial charge in [0.2, 0.25) is 5.91 Å². The number of carbonyl (C=O) groups excluding carboxylic acids is 2. The van der Waals surface area contributed by atoms with E-state index in [1.165, 1.54) is 17.4 Å². The van der Waals surface area contributed by atoms with Crippen LogP contribution in [0.4, 0.5) is 5.69 Å². The smallest absolute Gasteiger partial charge is 0.253 e. The van der Waals surface area contributed by atoms with Gasteiger partial charge in [0.15, 0.2) is 11.0 Å². The third kappa shape index (κ3) is 6.09. The second-order valence-electron chi connectivity index (χ2n) is 8.41. The maximum atomic E-state index is 12.9. The number of hydrogen-bond acceptors (Lipinski definition) is 6. The van der Waals surface area contributed by atoms with E-state index in [0.29, 0.717) is 41.2 Å². The zero-order valence-electron chi connectivity index (χ0n) is 20.1. The number of rotatable bonds is 9. The van der Waals surface area contributed by atoms with Gasteiger partial charge in [-0.1, -0.05) is 59.8 Å². The molecular formula is C26H29ClN6O2S. The summed E-state index contributed by atoms with van der Waals surface area (Å²) in [5.41, 5.74) is 1.58. The number of thioether (sulfide) groups is 1. The zero-order chi connectivity index (χ0) is 25.5. The first-order chi connectivity index (χ1) is 17.5. The molecule has 0 unspecified atom stereocenters. The Bertz CT molecular complexity index is 1210. The van der Waals surface area contributed by atoms with Crippen LogP contribution in [0.5, 0.6) is 0 Å². The molecule has 1 aliphatic heterocycles. The highest BCUT2D eigenvalue weighted by Gasteiger charge is 2.24. The van der Waals surface area contributed by atoms with E-state index in [1.54, 1.807) is 30.3 Å². The van der Waals surface area contributed by atoms with Crippen molar-refractivity contribution in [1.82, 2.24) is 25.0 Å². The highest BCUT2D eigenvalue weighted by molar-refractivity contribution is 7.99. The number of piperazine rings is 1. The fourth-order valence-electron chi connectivity index (χ4n) is 4.08. The minimum atomic E-state index is -0.419. The predicted molar refractivity (Wildman–Crippen MR) is 144 cm³/mol. The summed E-state index contributed by atoms with van der Waals surface area (Å²) in [4.78, 5) is 29.8. The Labute approximate surface area is 220 Å². The summed E-state index contributed by atoms with van der Waals surface area (Å²) in [5, 5.41) is 12.5. The lowest BCUT2D eigenvalue weighted by molar-refractivity contribution is -0.128. The molecule has 1 atom stereocenters. The first-order valence-electron chi connectivity index (χ1n) is 11.8. The third-order valence-corrected chi connectivity index (χ3v) is 7.27. The van der Waals surface area contributed by atoms with Gasteiger partial charge in [-0.2, -0.15) is 0 Å². The van der Waals surface area contributed by atoms with Crippen molar-refractivity contribution in [2.75, 3.05) is 36.8 Å². The van der Waals surface area contributed by atoms with E-state index in [-0.39, 0.29) is 17.6 Å². The quantitative estimate of drug-likeness (QED) is 0.336. The SMILES string of the molecule is C=CCn1c(SCC(=O)N2CCN(c3ccccc3)CC2)nnc1[C@@H](C)NC(=O)c1ccccc1Cl. The number of aromatic nitrogens is 3. The van der Waals surface area contributed by atoms with Crippen LogP contribution in [0.2, 0.25) is 5.02 Å². The number of carbonyl (C=O) groups is 2. The number of nitrogens with zero attached hydrogens (tertiary/aromatic N) is 5. The largest absolute Gasteiger partial charge is 0.368 e. The second kappa shape index (κ2) is 12.1. The minimum Gasteiger partial charge on any atom is -0.368 e. The molecule has 3 aromatic rings. The summed E-state index contributed by atoms with van der Waals surface area (Å²) < 4.78 is 1.87. The van der Waals surface area contributed by atoms with Crippen LogP contribution in [0.3, 0.4) is 0 Å². The molecule has 1 saturated heterocycles. The number of allylic oxidation sites excluding steroid dienone is 1. The molecule has 188 valence electrons.